The van der Waals surface area contributed by atoms with Crippen molar-refractivity contribution in [1.82, 2.24) is 9.88 Å². The maximum Gasteiger partial charge on any atom is 0.416 e. The molecule has 3 rings (SSSR count). The number of benzene rings is 1. The molecule has 32 heavy (non-hydrogen) atoms. The van der Waals surface area contributed by atoms with Crippen molar-refractivity contribution in [3.8, 4) is 0 Å². The van der Waals surface area contributed by atoms with Crippen molar-refractivity contribution >= 4 is 18.0 Å². The Morgan fingerprint density at radius 2 is 1.88 bits per heavy atom. The van der Waals surface area contributed by atoms with Crippen molar-refractivity contribution in [2.24, 2.45) is 5.92 Å². The highest BCUT2D eigenvalue weighted by Crippen LogP contribution is 2.24. The van der Waals surface area contributed by atoms with Crippen LogP contribution >= 0.6 is 0 Å². The lowest BCUT2D eigenvalue weighted by Gasteiger charge is -2.26. The minimum Gasteiger partial charge on any atom is -0.460 e. The average Bonchev–Trinajstić information content (AvgIpc) is 3.06. The first-order valence-electron chi connectivity index (χ1n) is 10.8. The van der Waals surface area contributed by atoms with Crippen molar-refractivity contribution in [3.63, 3.8) is 0 Å². The molecule has 2 atom stereocenters. The Hall–Kier alpha value is -3.22. The molecule has 2 heterocycles. The van der Waals surface area contributed by atoms with Gasteiger partial charge in [-0.25, -0.2) is 9.69 Å². The van der Waals surface area contributed by atoms with Crippen LogP contribution in [-0.2, 0) is 31.9 Å². The van der Waals surface area contributed by atoms with Gasteiger partial charge in [-0.1, -0.05) is 36.4 Å². The largest absolute Gasteiger partial charge is 0.460 e. The Bertz CT molecular complexity index is 968. The molecule has 2 amide bonds. The summed E-state index contributed by atoms with van der Waals surface area (Å²) >= 11 is 0. The molecule has 0 unspecified atom stereocenters. The number of esters is 1. The number of rotatable bonds is 7. The van der Waals surface area contributed by atoms with Crippen LogP contribution in [0.3, 0.4) is 0 Å². The lowest BCUT2D eigenvalue weighted by atomic mass is 9.95. The maximum atomic E-state index is 13.5. The molecule has 1 aromatic carbocycles. The van der Waals surface area contributed by atoms with Crippen LogP contribution < -0.4 is 0 Å². The highest BCUT2D eigenvalue weighted by Gasteiger charge is 2.41. The van der Waals surface area contributed by atoms with E-state index < -0.39 is 35.5 Å². The molecule has 1 aromatic heterocycles. The van der Waals surface area contributed by atoms with Crippen LogP contribution in [0.2, 0.25) is 0 Å². The summed E-state index contributed by atoms with van der Waals surface area (Å²) in [7, 11) is 0. The van der Waals surface area contributed by atoms with Gasteiger partial charge in [0.25, 0.3) is 0 Å². The molecule has 170 valence electrons. The van der Waals surface area contributed by atoms with Gasteiger partial charge in [0, 0.05) is 17.8 Å². The molecule has 1 aliphatic heterocycles. The third-order valence-corrected chi connectivity index (χ3v) is 5.10. The van der Waals surface area contributed by atoms with E-state index in [2.05, 4.69) is 4.98 Å². The lowest BCUT2D eigenvalue weighted by molar-refractivity contribution is -0.158. The van der Waals surface area contributed by atoms with E-state index in [1.54, 1.807) is 20.8 Å². The van der Waals surface area contributed by atoms with Crippen LogP contribution in [0.5, 0.6) is 0 Å². The van der Waals surface area contributed by atoms with E-state index in [-0.39, 0.29) is 19.4 Å². The predicted octanol–water partition coefficient (Wildman–Crippen LogP) is 3.87. The molecule has 0 spiro atoms. The monoisotopic (exact) mass is 438 g/mol. The molecule has 0 bridgehead atoms. The first-order valence-corrected chi connectivity index (χ1v) is 10.8. The zero-order chi connectivity index (χ0) is 23.3. The minimum atomic E-state index is -0.789. The van der Waals surface area contributed by atoms with Crippen LogP contribution in [0.25, 0.3) is 0 Å². The second-order valence-electron chi connectivity index (χ2n) is 9.09. The van der Waals surface area contributed by atoms with Gasteiger partial charge in [0.2, 0.25) is 5.91 Å². The summed E-state index contributed by atoms with van der Waals surface area (Å²) in [5, 5.41) is 0. The van der Waals surface area contributed by atoms with Gasteiger partial charge in [-0.3, -0.25) is 14.6 Å². The Kier molecular flexibility index (Phi) is 7.28. The van der Waals surface area contributed by atoms with Crippen molar-refractivity contribution < 1.29 is 23.9 Å². The van der Waals surface area contributed by atoms with Gasteiger partial charge in [0.1, 0.15) is 12.2 Å². The summed E-state index contributed by atoms with van der Waals surface area (Å²) in [5.74, 6) is -1.72. The third kappa shape index (κ3) is 6.39. The van der Waals surface area contributed by atoms with Gasteiger partial charge >= 0.3 is 12.1 Å². The molecule has 7 nitrogen and oxygen atoms in total. The zero-order valence-corrected chi connectivity index (χ0v) is 19.0. The highest BCUT2D eigenvalue weighted by molar-refractivity contribution is 5.96. The smallest absolute Gasteiger partial charge is 0.416 e. The van der Waals surface area contributed by atoms with Crippen LogP contribution in [-0.4, -0.2) is 46.1 Å². The number of pyridine rings is 1. The summed E-state index contributed by atoms with van der Waals surface area (Å²) in [6.07, 6.45) is -0.114. The van der Waals surface area contributed by atoms with Crippen molar-refractivity contribution in [2.45, 2.75) is 58.6 Å². The number of aryl methyl sites for hydroxylation is 1. The van der Waals surface area contributed by atoms with Gasteiger partial charge in [0.15, 0.2) is 0 Å². The average molecular weight is 439 g/mol. The van der Waals surface area contributed by atoms with Crippen molar-refractivity contribution in [1.29, 1.82) is 0 Å². The molecular formula is C25H30N2O5. The fraction of sp³-hybridized carbons (Fsp3) is 0.440. The van der Waals surface area contributed by atoms with Crippen molar-refractivity contribution in [3.05, 3.63) is 65.5 Å². The first kappa shape index (κ1) is 23.4. The summed E-state index contributed by atoms with van der Waals surface area (Å²) in [5.41, 5.74) is 1.82. The summed E-state index contributed by atoms with van der Waals surface area (Å²) < 4.78 is 10.7. The van der Waals surface area contributed by atoms with E-state index in [0.29, 0.717) is 12.1 Å². The molecule has 2 aromatic rings. The van der Waals surface area contributed by atoms with Gasteiger partial charge in [-0.05, 0) is 51.8 Å². The van der Waals surface area contributed by atoms with Crippen LogP contribution in [0.4, 0.5) is 4.79 Å². The Labute approximate surface area is 188 Å². The zero-order valence-electron chi connectivity index (χ0n) is 19.0. The molecule has 7 heteroatoms. The normalized spacial score (nSPS) is 17.1. The fourth-order valence-corrected chi connectivity index (χ4v) is 3.76. The molecule has 0 radical (unpaired) electrons. The van der Waals surface area contributed by atoms with Gasteiger partial charge < -0.3 is 9.47 Å². The second-order valence-corrected chi connectivity index (χ2v) is 9.09. The fourth-order valence-electron chi connectivity index (χ4n) is 3.76. The number of nitrogens with zero attached hydrogens (tertiary/aromatic N) is 2. The van der Waals surface area contributed by atoms with E-state index in [1.807, 2.05) is 55.5 Å². The molecule has 0 saturated carbocycles. The summed E-state index contributed by atoms with van der Waals surface area (Å²) in [6.45, 7) is 7.32. The number of ether oxygens (including phenoxy) is 2. The summed E-state index contributed by atoms with van der Waals surface area (Å²) in [4.78, 5) is 44.2. The number of hydrogen-bond donors (Lipinski definition) is 0. The Balaban J connectivity index is 1.83. The van der Waals surface area contributed by atoms with Gasteiger partial charge in [-0.2, -0.15) is 0 Å². The molecule has 0 N–H and O–H groups in total. The predicted molar refractivity (Wildman–Crippen MR) is 119 cm³/mol. The van der Waals surface area contributed by atoms with E-state index in [0.717, 1.165) is 16.2 Å². The van der Waals surface area contributed by atoms with Gasteiger partial charge in [0.05, 0.1) is 18.4 Å². The lowest BCUT2D eigenvalue weighted by Crippen LogP contribution is -2.45. The number of carbonyl (C=O) groups is 3. The van der Waals surface area contributed by atoms with Crippen LogP contribution in [0, 0.1) is 12.8 Å². The van der Waals surface area contributed by atoms with E-state index >= 15 is 0 Å². The maximum absolute atomic E-state index is 13.5. The second kappa shape index (κ2) is 9.94. The Morgan fingerprint density at radius 1 is 1.16 bits per heavy atom. The van der Waals surface area contributed by atoms with E-state index in [4.69, 9.17) is 9.47 Å². The number of hydrogen-bond acceptors (Lipinski definition) is 6. The first-order chi connectivity index (χ1) is 15.1. The number of amides is 2. The van der Waals surface area contributed by atoms with Crippen LogP contribution in [0.1, 0.15) is 44.1 Å². The Morgan fingerprint density at radius 3 is 2.53 bits per heavy atom. The van der Waals surface area contributed by atoms with Crippen molar-refractivity contribution in [2.75, 3.05) is 6.61 Å². The minimum absolute atomic E-state index is 0.126. The number of imide groups is 1. The number of cyclic esters (lactones) is 1. The molecule has 1 fully saturated rings. The van der Waals surface area contributed by atoms with E-state index in [1.165, 1.54) is 0 Å². The topological polar surface area (TPSA) is 85.8 Å². The van der Waals surface area contributed by atoms with Crippen LogP contribution in [0.15, 0.2) is 48.5 Å². The molecule has 0 aliphatic carbocycles. The third-order valence-electron chi connectivity index (χ3n) is 5.10. The van der Waals surface area contributed by atoms with Gasteiger partial charge in [-0.15, -0.1) is 0 Å². The van der Waals surface area contributed by atoms with E-state index in [9.17, 15) is 14.4 Å². The quantitative estimate of drug-likeness (QED) is 0.610. The SMILES string of the molecule is Cc1cccc(C[C@H](CC(=O)OC(C)(C)C)C(=O)N2C(=O)OC[C@H]2Cc2ccccc2)n1. The molecule has 1 aliphatic rings. The standard InChI is InChI=1S/C25H30N2O5/c1-17-9-8-12-20(26-17)14-19(15-22(28)32-25(2,3)4)23(29)27-21(16-31-24(27)30)13-18-10-6-5-7-11-18/h5-12,19,21H,13-16H2,1-4H3/t19-,21-/m1/s1. The summed E-state index contributed by atoms with van der Waals surface area (Å²) in [6, 6.07) is 14.7. The number of aromatic nitrogens is 1. The number of carbonyl (C=O) groups excluding carboxylic acids is 3. The molecular weight excluding hydrogens is 408 g/mol. The highest BCUT2D eigenvalue weighted by atomic mass is 16.6. The molecule has 1 saturated heterocycles.